The third kappa shape index (κ3) is 4.50. The molecule has 132 valence electrons. The molecule has 0 spiro atoms. The monoisotopic (exact) mass is 346 g/mol. The zero-order chi connectivity index (χ0) is 18.2. The molecule has 26 heavy (non-hydrogen) atoms. The van der Waals surface area contributed by atoms with E-state index in [-0.39, 0.29) is 11.5 Å². The topological polar surface area (TPSA) is 59.4 Å². The summed E-state index contributed by atoms with van der Waals surface area (Å²) in [6.45, 7) is 3.36. The molecule has 1 saturated heterocycles. The molecular formula is C21H22N4O. The van der Waals surface area contributed by atoms with Crippen molar-refractivity contribution in [3.8, 4) is 6.07 Å². The molecular weight excluding hydrogens is 324 g/mol. The van der Waals surface area contributed by atoms with Crippen molar-refractivity contribution >= 4 is 11.6 Å². The SMILES string of the molecule is N#C/C(=C/N(Cc1ccccc1)c1ccccc1)C(=O)N1CCNCC1. The quantitative estimate of drug-likeness (QED) is 0.668. The smallest absolute Gasteiger partial charge is 0.266 e. The molecule has 5 nitrogen and oxygen atoms in total. The molecule has 1 fully saturated rings. The van der Waals surface area contributed by atoms with Crippen molar-refractivity contribution in [3.05, 3.63) is 78.0 Å². The lowest BCUT2D eigenvalue weighted by molar-refractivity contribution is -0.127. The molecule has 0 atom stereocenters. The molecule has 0 aromatic heterocycles. The number of amides is 1. The van der Waals surface area contributed by atoms with E-state index in [1.54, 1.807) is 11.1 Å². The van der Waals surface area contributed by atoms with Gasteiger partial charge in [-0.05, 0) is 17.7 Å². The highest BCUT2D eigenvalue weighted by atomic mass is 16.2. The van der Waals surface area contributed by atoms with Gasteiger partial charge >= 0.3 is 0 Å². The fourth-order valence-electron chi connectivity index (χ4n) is 2.94. The van der Waals surface area contributed by atoms with Crippen LogP contribution in [0.15, 0.2) is 72.4 Å². The summed E-state index contributed by atoms with van der Waals surface area (Å²) >= 11 is 0. The number of piperazine rings is 1. The Labute approximate surface area is 154 Å². The first kappa shape index (κ1) is 17.7. The summed E-state index contributed by atoms with van der Waals surface area (Å²) in [4.78, 5) is 16.4. The number of hydrogen-bond donors (Lipinski definition) is 1. The van der Waals surface area contributed by atoms with Gasteiger partial charge in [0.2, 0.25) is 0 Å². The number of benzene rings is 2. The molecule has 1 N–H and O–H groups in total. The van der Waals surface area contributed by atoms with E-state index in [9.17, 15) is 10.1 Å². The van der Waals surface area contributed by atoms with E-state index in [2.05, 4.69) is 11.4 Å². The van der Waals surface area contributed by atoms with E-state index in [4.69, 9.17) is 0 Å². The number of carbonyl (C=O) groups is 1. The van der Waals surface area contributed by atoms with Crippen molar-refractivity contribution in [1.82, 2.24) is 10.2 Å². The number of nitrogens with one attached hydrogen (secondary N) is 1. The standard InChI is InChI=1S/C21H22N4O/c22-15-19(21(26)24-13-11-23-12-14-24)17-25(20-9-5-2-6-10-20)16-18-7-3-1-4-8-18/h1-10,17,23H,11-14,16H2/b19-17-. The highest BCUT2D eigenvalue weighted by molar-refractivity contribution is 5.97. The summed E-state index contributed by atoms with van der Waals surface area (Å²) in [7, 11) is 0. The van der Waals surface area contributed by atoms with Crippen LogP contribution < -0.4 is 10.2 Å². The molecule has 1 heterocycles. The lowest BCUT2D eigenvalue weighted by Gasteiger charge is -2.28. The Balaban J connectivity index is 1.88. The molecule has 0 aliphatic carbocycles. The van der Waals surface area contributed by atoms with Gasteiger partial charge < -0.3 is 15.1 Å². The predicted octanol–water partition coefficient (Wildman–Crippen LogP) is 2.53. The maximum absolute atomic E-state index is 12.7. The van der Waals surface area contributed by atoms with Gasteiger partial charge in [0, 0.05) is 44.6 Å². The van der Waals surface area contributed by atoms with Crippen molar-refractivity contribution in [2.45, 2.75) is 6.54 Å². The van der Waals surface area contributed by atoms with Crippen LogP contribution >= 0.6 is 0 Å². The molecule has 1 amide bonds. The highest BCUT2D eigenvalue weighted by Crippen LogP contribution is 2.19. The van der Waals surface area contributed by atoms with Crippen LogP contribution in [0.25, 0.3) is 0 Å². The summed E-state index contributed by atoms with van der Waals surface area (Å²) in [5, 5.41) is 12.8. The Kier molecular flexibility index (Phi) is 6.02. The Morgan fingerprint density at radius 3 is 2.31 bits per heavy atom. The third-order valence-corrected chi connectivity index (χ3v) is 4.32. The van der Waals surface area contributed by atoms with Crippen LogP contribution in [-0.2, 0) is 11.3 Å². The van der Waals surface area contributed by atoms with E-state index < -0.39 is 0 Å². The first-order valence-corrected chi connectivity index (χ1v) is 8.75. The fraction of sp³-hybridized carbons (Fsp3) is 0.238. The second-order valence-electron chi connectivity index (χ2n) is 6.15. The Bertz CT molecular complexity index is 790. The predicted molar refractivity (Wildman–Crippen MR) is 102 cm³/mol. The second-order valence-corrected chi connectivity index (χ2v) is 6.15. The highest BCUT2D eigenvalue weighted by Gasteiger charge is 2.21. The lowest BCUT2D eigenvalue weighted by Crippen LogP contribution is -2.47. The number of carbonyl (C=O) groups excluding carboxylic acids is 1. The molecule has 0 unspecified atom stereocenters. The van der Waals surface area contributed by atoms with Gasteiger partial charge in [-0.15, -0.1) is 0 Å². The summed E-state index contributed by atoms with van der Waals surface area (Å²) in [6.07, 6.45) is 1.67. The van der Waals surface area contributed by atoms with E-state index >= 15 is 0 Å². The number of rotatable bonds is 5. The second kappa shape index (κ2) is 8.84. The first-order chi connectivity index (χ1) is 12.8. The van der Waals surface area contributed by atoms with E-state index in [0.717, 1.165) is 24.3 Å². The summed E-state index contributed by atoms with van der Waals surface area (Å²) in [6, 6.07) is 21.9. The zero-order valence-corrected chi connectivity index (χ0v) is 14.6. The van der Waals surface area contributed by atoms with Crippen molar-refractivity contribution in [2.75, 3.05) is 31.1 Å². The third-order valence-electron chi connectivity index (χ3n) is 4.32. The van der Waals surface area contributed by atoms with Crippen molar-refractivity contribution < 1.29 is 4.79 Å². The molecule has 5 heteroatoms. The fourth-order valence-corrected chi connectivity index (χ4v) is 2.94. The van der Waals surface area contributed by atoms with Gasteiger partial charge in [0.1, 0.15) is 11.6 Å². The molecule has 1 aliphatic heterocycles. The Morgan fingerprint density at radius 1 is 1.08 bits per heavy atom. The number of nitrogens with zero attached hydrogens (tertiary/aromatic N) is 3. The van der Waals surface area contributed by atoms with E-state index in [1.165, 1.54) is 0 Å². The van der Waals surface area contributed by atoms with Crippen LogP contribution in [-0.4, -0.2) is 37.0 Å². The van der Waals surface area contributed by atoms with Crippen molar-refractivity contribution in [1.29, 1.82) is 5.26 Å². The minimum atomic E-state index is -0.206. The van der Waals surface area contributed by atoms with Crippen LogP contribution in [0.5, 0.6) is 0 Å². The van der Waals surface area contributed by atoms with Gasteiger partial charge in [0.05, 0.1) is 0 Å². The molecule has 0 radical (unpaired) electrons. The lowest BCUT2D eigenvalue weighted by atomic mass is 10.1. The number of para-hydroxylation sites is 1. The molecule has 2 aromatic rings. The molecule has 2 aromatic carbocycles. The summed E-state index contributed by atoms with van der Waals surface area (Å²) in [5.41, 5.74) is 2.21. The minimum Gasteiger partial charge on any atom is -0.342 e. The van der Waals surface area contributed by atoms with Crippen LogP contribution in [0.2, 0.25) is 0 Å². The van der Waals surface area contributed by atoms with E-state index in [0.29, 0.717) is 19.6 Å². The van der Waals surface area contributed by atoms with Gasteiger partial charge in [-0.1, -0.05) is 48.5 Å². The Hall–Kier alpha value is -3.10. The van der Waals surface area contributed by atoms with Gasteiger partial charge in [-0.2, -0.15) is 5.26 Å². The average molecular weight is 346 g/mol. The average Bonchev–Trinajstić information content (AvgIpc) is 2.72. The molecule has 0 saturated carbocycles. The zero-order valence-electron chi connectivity index (χ0n) is 14.6. The molecule has 1 aliphatic rings. The molecule has 0 bridgehead atoms. The summed E-state index contributed by atoms with van der Waals surface area (Å²) < 4.78 is 0. The minimum absolute atomic E-state index is 0.159. The first-order valence-electron chi connectivity index (χ1n) is 8.75. The molecule has 3 rings (SSSR count). The van der Waals surface area contributed by atoms with Crippen LogP contribution in [0.4, 0.5) is 5.69 Å². The van der Waals surface area contributed by atoms with Gasteiger partial charge in [0.15, 0.2) is 0 Å². The van der Waals surface area contributed by atoms with E-state index in [1.807, 2.05) is 65.6 Å². The maximum Gasteiger partial charge on any atom is 0.266 e. The van der Waals surface area contributed by atoms with Gasteiger partial charge in [-0.3, -0.25) is 4.79 Å². The number of hydrogen-bond acceptors (Lipinski definition) is 4. The van der Waals surface area contributed by atoms with Crippen LogP contribution in [0.1, 0.15) is 5.56 Å². The van der Waals surface area contributed by atoms with Crippen LogP contribution in [0.3, 0.4) is 0 Å². The number of anilines is 1. The summed E-state index contributed by atoms with van der Waals surface area (Å²) in [5.74, 6) is -0.206. The normalized spacial score (nSPS) is 14.6. The Morgan fingerprint density at radius 2 is 1.69 bits per heavy atom. The van der Waals surface area contributed by atoms with Gasteiger partial charge in [-0.25, -0.2) is 0 Å². The maximum atomic E-state index is 12.7. The van der Waals surface area contributed by atoms with Crippen molar-refractivity contribution in [2.24, 2.45) is 0 Å². The number of nitriles is 1. The van der Waals surface area contributed by atoms with Crippen molar-refractivity contribution in [3.63, 3.8) is 0 Å². The largest absolute Gasteiger partial charge is 0.342 e. The van der Waals surface area contributed by atoms with Crippen LogP contribution in [0, 0.1) is 11.3 Å². The van der Waals surface area contributed by atoms with Gasteiger partial charge in [0.25, 0.3) is 5.91 Å².